The van der Waals surface area contributed by atoms with Gasteiger partial charge >= 0.3 is 5.97 Å². The first-order chi connectivity index (χ1) is 40.6. The van der Waals surface area contributed by atoms with Gasteiger partial charge in [0.1, 0.15) is 19.0 Å². The number of allylic oxidation sites excluding steroid dienone is 2. The van der Waals surface area contributed by atoms with E-state index in [0.29, 0.717) is 57.9 Å². The second-order valence-electron chi connectivity index (χ2n) is 23.1. The molecule has 1 aromatic carbocycles. The van der Waals surface area contributed by atoms with Crippen LogP contribution in [0.4, 0.5) is 4.39 Å². The van der Waals surface area contributed by atoms with E-state index in [-0.39, 0.29) is 80.5 Å². The maximum absolute atomic E-state index is 14.0. The van der Waals surface area contributed by atoms with Crippen LogP contribution in [0, 0.1) is 5.41 Å². The number of nitrogens with one attached hydrogen (secondary N) is 6. The predicted octanol–water partition coefficient (Wildman–Crippen LogP) is 10.7. The maximum Gasteiger partial charge on any atom is 0.333 e. The van der Waals surface area contributed by atoms with Crippen molar-refractivity contribution < 1.29 is 71.6 Å². The summed E-state index contributed by atoms with van der Waals surface area (Å²) in [7, 11) is 1.70. The highest BCUT2D eigenvalue weighted by atomic mass is 19.1. The van der Waals surface area contributed by atoms with Gasteiger partial charge in [-0.3, -0.25) is 19.9 Å². The molecule has 1 aliphatic rings. The molecule has 86 heavy (non-hydrogen) atoms. The number of hydrogen-bond donors (Lipinski definition) is 8. The van der Waals surface area contributed by atoms with Gasteiger partial charge < -0.3 is 79.5 Å². The fraction of sp³-hybridized carbons (Fsp3) is 0.766. The molecule has 500 valence electrons. The number of halogens is 1. The van der Waals surface area contributed by atoms with Crippen LogP contribution in [0.15, 0.2) is 47.1 Å². The fourth-order valence-electron chi connectivity index (χ4n) is 8.12. The number of aliphatic carboxylic acids is 1. The lowest BCUT2D eigenvalue weighted by molar-refractivity contribution is -0.195. The van der Waals surface area contributed by atoms with Crippen LogP contribution in [0.2, 0.25) is 0 Å². The number of carboxylic acids is 1. The molecule has 0 bridgehead atoms. The number of carbonyl (C=O) groups excluding carboxylic acids is 2. The number of hydrogen-bond acceptors (Lipinski definition) is 18. The van der Waals surface area contributed by atoms with Crippen molar-refractivity contribution in [2.24, 2.45) is 4.99 Å². The van der Waals surface area contributed by atoms with Crippen molar-refractivity contribution in [3.05, 3.63) is 53.2 Å². The molecular weight excluding hydrogens is 1110 g/mol. The molecule has 8 N–H and O–H groups in total. The van der Waals surface area contributed by atoms with Crippen molar-refractivity contribution in [2.75, 3.05) is 73.2 Å². The smallest absolute Gasteiger partial charge is 0.333 e. The van der Waals surface area contributed by atoms with Gasteiger partial charge in [0.25, 0.3) is 11.9 Å². The molecule has 4 atom stereocenters. The third kappa shape index (κ3) is 40.8. The number of aliphatic hydroxyl groups excluding tert-OH is 1. The van der Waals surface area contributed by atoms with Crippen molar-refractivity contribution in [1.82, 2.24) is 26.6 Å². The number of carboxylic acid groups (broad SMARTS) is 1. The largest absolute Gasteiger partial charge is 0.479 e. The van der Waals surface area contributed by atoms with Crippen molar-refractivity contribution in [3.8, 4) is 5.75 Å². The summed E-state index contributed by atoms with van der Waals surface area (Å²) < 4.78 is 66.3. The quantitative estimate of drug-likeness (QED) is 0.0131. The summed E-state index contributed by atoms with van der Waals surface area (Å²) in [6.07, 6.45) is 8.28. The van der Waals surface area contributed by atoms with Gasteiger partial charge in [0.15, 0.2) is 11.8 Å². The zero-order chi connectivity index (χ0) is 65.8. The van der Waals surface area contributed by atoms with Gasteiger partial charge in [-0.05, 0) is 171 Å². The van der Waals surface area contributed by atoms with Crippen LogP contribution < -0.4 is 31.3 Å². The number of benzene rings is 1. The highest BCUT2D eigenvalue weighted by Crippen LogP contribution is 2.28. The first-order valence-corrected chi connectivity index (χ1v) is 30.9. The van der Waals surface area contributed by atoms with Gasteiger partial charge in [0.05, 0.1) is 61.8 Å². The second-order valence-corrected chi connectivity index (χ2v) is 23.1. The molecule has 2 amide bonds. The van der Waals surface area contributed by atoms with E-state index in [2.05, 4.69) is 92.8 Å². The molecule has 0 spiro atoms. The number of unbranched alkanes of at least 4 members (excludes halogenated alkanes) is 1. The molecule has 4 unspecified atom stereocenters. The number of ether oxygens (including phenoxy) is 9. The molecular formula is C64H118FN7O14. The predicted molar refractivity (Wildman–Crippen MR) is 341 cm³/mol. The lowest BCUT2D eigenvalue weighted by Gasteiger charge is -2.33. The van der Waals surface area contributed by atoms with Gasteiger partial charge in [-0.15, -0.1) is 0 Å². The Labute approximate surface area is 517 Å². The van der Waals surface area contributed by atoms with Crippen molar-refractivity contribution in [3.63, 3.8) is 0 Å². The van der Waals surface area contributed by atoms with Crippen molar-refractivity contribution >= 4 is 30.7 Å². The second kappa shape index (κ2) is 46.5. The Hall–Kier alpha value is -4.62. The van der Waals surface area contributed by atoms with Crippen LogP contribution >= 0.6 is 0 Å². The van der Waals surface area contributed by atoms with Gasteiger partial charge in [-0.1, -0.05) is 53.7 Å². The summed E-state index contributed by atoms with van der Waals surface area (Å²) in [6, 6.07) is 3.93. The Balaban J connectivity index is 0. The van der Waals surface area contributed by atoms with Gasteiger partial charge in [-0.2, -0.15) is 4.39 Å². The summed E-state index contributed by atoms with van der Waals surface area (Å²) in [4.78, 5) is 42.3. The molecule has 1 aliphatic heterocycles. The van der Waals surface area contributed by atoms with E-state index in [4.69, 9.17) is 48.0 Å². The normalized spacial score (nSPS) is 16.3. The summed E-state index contributed by atoms with van der Waals surface area (Å²) in [5, 5.41) is 41.7. The van der Waals surface area contributed by atoms with Crippen LogP contribution in [-0.4, -0.2) is 167 Å². The Bertz CT molecular complexity index is 2070. The average molecular weight is 1230 g/mol. The van der Waals surface area contributed by atoms with Gasteiger partial charge in [0.2, 0.25) is 12.2 Å². The molecule has 0 radical (unpaired) electrons. The van der Waals surface area contributed by atoms with E-state index in [1.807, 2.05) is 62.3 Å². The van der Waals surface area contributed by atoms with E-state index in [1.54, 1.807) is 26.3 Å². The van der Waals surface area contributed by atoms with E-state index in [0.717, 1.165) is 50.6 Å². The topological polar surface area (TPSA) is 271 Å². The Morgan fingerprint density at radius 2 is 1.45 bits per heavy atom. The van der Waals surface area contributed by atoms with E-state index < -0.39 is 53.3 Å². The SMILES string of the molecule is C/C=N\C(C)(C)OCCC(C)(C)NCC(CCCCNC(=O)COCNCOC(C)(C)CCNC(=O)c1cc(CO/C(F)=C\CC)ccc1OC1CC(O)CC(C(=O)O)O1)N/C(=C/CC)COC(C)(C)CCOC(C)(C)CCOC.C=N.CC.CC. The van der Waals surface area contributed by atoms with Crippen LogP contribution in [0.1, 0.15) is 204 Å². The van der Waals surface area contributed by atoms with Gasteiger partial charge in [0, 0.05) is 63.5 Å². The molecule has 0 aliphatic carbocycles. The number of carbonyl (C=O) groups is 3. The minimum Gasteiger partial charge on any atom is -0.479 e. The molecule has 0 saturated carbocycles. The number of nitrogens with zero attached hydrogens (tertiary/aromatic N) is 1. The standard InChI is InChI=1S/C59H103FN6O14.2C2H6.CH3N/c1-15-20-45(39-77-58(10,11)28-33-75-57(8,9)27-31-72-14)66-44(37-65-55(4,5)26-32-76-59(12,13)64-17-3)22-18-19-29-62-51(68)40-73-41-61-42-78-56(6,7)25-30-63-53(69)47-34-43(38-74-50(60)21-16-2)23-24-48(47)79-52-36-46(67)35-49(80-52)54(70)71;3*1-2/h17,20-21,23-24,34,44,46,49,52,61,65-67H,15-16,18-19,22,25-33,35-42H2,1-14H3,(H,62,68)(H,63,69)(H,70,71);2*1-2H3;2H,1H2/b45-20+,50-21-,64-17-;;;. The first-order valence-electron chi connectivity index (χ1n) is 30.9. The highest BCUT2D eigenvalue weighted by Gasteiger charge is 2.35. The Morgan fingerprint density at radius 3 is 2.09 bits per heavy atom. The summed E-state index contributed by atoms with van der Waals surface area (Å²) >= 11 is 0. The fourth-order valence-corrected chi connectivity index (χ4v) is 8.12. The third-order valence-electron chi connectivity index (χ3n) is 13.2. The first kappa shape index (κ1) is 83.4. The number of amides is 2. The molecule has 22 heteroatoms. The van der Waals surface area contributed by atoms with E-state index in [9.17, 15) is 29.0 Å². The van der Waals surface area contributed by atoms with Crippen LogP contribution in [0.25, 0.3) is 0 Å². The minimum atomic E-state index is -1.28. The lowest BCUT2D eigenvalue weighted by Crippen LogP contribution is -2.48. The Morgan fingerprint density at radius 1 is 0.814 bits per heavy atom. The highest BCUT2D eigenvalue weighted by molar-refractivity contribution is 5.97. The number of aliphatic imine (C=N–C) groups is 1. The molecule has 21 nitrogen and oxygen atoms in total. The summed E-state index contributed by atoms with van der Waals surface area (Å²) in [6.45, 7) is 40.2. The number of aliphatic hydroxyl groups is 1. The zero-order valence-electron chi connectivity index (χ0n) is 56.2. The Kier molecular flexibility index (Phi) is 45.1. The molecule has 1 heterocycles. The molecule has 1 saturated heterocycles. The summed E-state index contributed by atoms with van der Waals surface area (Å²) in [5.41, 5.74) is -0.569. The number of rotatable bonds is 44. The number of methoxy groups -OCH3 is 1. The maximum atomic E-state index is 14.0. The third-order valence-corrected chi connectivity index (χ3v) is 13.2. The van der Waals surface area contributed by atoms with Crippen LogP contribution in [0.5, 0.6) is 5.75 Å². The van der Waals surface area contributed by atoms with Crippen LogP contribution in [0.3, 0.4) is 0 Å². The monoisotopic (exact) mass is 1230 g/mol. The van der Waals surface area contributed by atoms with Crippen molar-refractivity contribution in [1.29, 1.82) is 5.41 Å². The lowest BCUT2D eigenvalue weighted by atomic mass is 9.99. The molecule has 1 fully saturated rings. The molecule has 1 aromatic rings. The molecule has 2 rings (SSSR count). The van der Waals surface area contributed by atoms with E-state index >= 15 is 0 Å². The minimum absolute atomic E-state index is 0.00529. The van der Waals surface area contributed by atoms with E-state index in [1.165, 1.54) is 18.2 Å². The molecule has 0 aromatic heterocycles. The summed E-state index contributed by atoms with van der Waals surface area (Å²) in [5.74, 6) is -1.90. The van der Waals surface area contributed by atoms with Crippen LogP contribution in [-0.2, 0) is 54.1 Å². The average Bonchev–Trinajstić information content (AvgIpc) is 3.50. The van der Waals surface area contributed by atoms with Crippen molar-refractivity contribution in [2.45, 2.75) is 248 Å². The van der Waals surface area contributed by atoms with Gasteiger partial charge in [-0.25, -0.2) is 4.79 Å². The zero-order valence-corrected chi connectivity index (χ0v) is 56.2.